The molecule has 2 atom stereocenters. The molecule has 1 aliphatic rings. The Kier molecular flexibility index (Phi) is 3.25. The zero-order valence-corrected chi connectivity index (χ0v) is 9.69. The summed E-state index contributed by atoms with van der Waals surface area (Å²) in [4.78, 5) is 11.6. The molecule has 0 bridgehead atoms. The molecule has 1 aliphatic heterocycles. The van der Waals surface area contributed by atoms with Gasteiger partial charge in [0.15, 0.2) is 0 Å². The second-order valence-electron chi connectivity index (χ2n) is 4.21. The molecule has 0 unspecified atom stereocenters. The largest absolute Gasteiger partial charge is 0.469 e. The standard InChI is InChI=1S/C13H17NO2/c1-9-5-3-4-6-10(9)12-11(7-8-14-12)13(15)16-2/h3-6,11-12,14H,7-8H2,1-2H3/t11-,12+/m0/s1. The van der Waals surface area contributed by atoms with Gasteiger partial charge in [0.1, 0.15) is 0 Å². The van der Waals surface area contributed by atoms with Crippen molar-refractivity contribution >= 4 is 5.97 Å². The fraction of sp³-hybridized carbons (Fsp3) is 0.462. The Morgan fingerprint density at radius 3 is 2.88 bits per heavy atom. The lowest BCUT2D eigenvalue weighted by Gasteiger charge is -2.19. The SMILES string of the molecule is COC(=O)[C@H]1CCN[C@@H]1c1ccccc1C. The fourth-order valence-corrected chi connectivity index (χ4v) is 2.37. The van der Waals surface area contributed by atoms with Crippen molar-refractivity contribution in [3.05, 3.63) is 35.4 Å². The van der Waals surface area contributed by atoms with E-state index < -0.39 is 0 Å². The molecule has 0 radical (unpaired) electrons. The quantitative estimate of drug-likeness (QED) is 0.771. The van der Waals surface area contributed by atoms with Crippen LogP contribution in [0.2, 0.25) is 0 Å². The van der Waals surface area contributed by atoms with Gasteiger partial charge in [0, 0.05) is 6.04 Å². The Balaban J connectivity index is 2.27. The first-order valence-corrected chi connectivity index (χ1v) is 5.61. The van der Waals surface area contributed by atoms with Gasteiger partial charge in [-0.1, -0.05) is 24.3 Å². The van der Waals surface area contributed by atoms with Gasteiger partial charge in [-0.25, -0.2) is 0 Å². The number of rotatable bonds is 2. The van der Waals surface area contributed by atoms with Crippen molar-refractivity contribution in [1.82, 2.24) is 5.32 Å². The molecule has 0 aliphatic carbocycles. The highest BCUT2D eigenvalue weighted by Gasteiger charge is 2.34. The van der Waals surface area contributed by atoms with Crippen LogP contribution in [0.1, 0.15) is 23.6 Å². The summed E-state index contributed by atoms with van der Waals surface area (Å²) in [5.41, 5.74) is 2.42. The predicted octanol–water partition coefficient (Wildman–Crippen LogP) is 1.82. The van der Waals surface area contributed by atoms with Gasteiger partial charge in [0.25, 0.3) is 0 Å². The summed E-state index contributed by atoms with van der Waals surface area (Å²) in [5.74, 6) is -0.163. The van der Waals surface area contributed by atoms with Crippen LogP contribution in [0, 0.1) is 12.8 Å². The highest BCUT2D eigenvalue weighted by molar-refractivity contribution is 5.74. The van der Waals surface area contributed by atoms with E-state index in [4.69, 9.17) is 4.74 Å². The Labute approximate surface area is 95.8 Å². The van der Waals surface area contributed by atoms with Crippen molar-refractivity contribution in [3.63, 3.8) is 0 Å². The number of nitrogens with one attached hydrogen (secondary N) is 1. The van der Waals surface area contributed by atoms with E-state index in [1.807, 2.05) is 12.1 Å². The molecule has 1 heterocycles. The van der Waals surface area contributed by atoms with Crippen LogP contribution >= 0.6 is 0 Å². The van der Waals surface area contributed by atoms with E-state index in [1.165, 1.54) is 18.2 Å². The molecule has 16 heavy (non-hydrogen) atoms. The van der Waals surface area contributed by atoms with E-state index in [1.54, 1.807) is 0 Å². The van der Waals surface area contributed by atoms with Gasteiger partial charge in [-0.15, -0.1) is 0 Å². The number of hydrogen-bond donors (Lipinski definition) is 1. The van der Waals surface area contributed by atoms with Gasteiger partial charge in [-0.05, 0) is 31.0 Å². The van der Waals surface area contributed by atoms with Crippen LogP contribution < -0.4 is 5.32 Å². The minimum absolute atomic E-state index is 0.0499. The first-order valence-electron chi connectivity index (χ1n) is 5.61. The summed E-state index contributed by atoms with van der Waals surface area (Å²) in [5, 5.41) is 3.38. The van der Waals surface area contributed by atoms with E-state index in [0.717, 1.165) is 13.0 Å². The Morgan fingerprint density at radius 2 is 2.19 bits per heavy atom. The lowest BCUT2D eigenvalue weighted by Crippen LogP contribution is -2.25. The molecule has 0 spiro atoms. The molecule has 0 saturated carbocycles. The van der Waals surface area contributed by atoms with Crippen LogP contribution in [0.25, 0.3) is 0 Å². The molecule has 0 aromatic heterocycles. The highest BCUT2D eigenvalue weighted by atomic mass is 16.5. The number of ether oxygens (including phenoxy) is 1. The van der Waals surface area contributed by atoms with Crippen LogP contribution in [-0.2, 0) is 9.53 Å². The van der Waals surface area contributed by atoms with Crippen molar-refractivity contribution in [2.45, 2.75) is 19.4 Å². The molecule has 2 rings (SSSR count). The van der Waals surface area contributed by atoms with Crippen molar-refractivity contribution in [3.8, 4) is 0 Å². The number of aryl methyl sites for hydroxylation is 1. The molecule has 0 amide bonds. The van der Waals surface area contributed by atoms with Crippen molar-refractivity contribution in [2.24, 2.45) is 5.92 Å². The van der Waals surface area contributed by atoms with E-state index >= 15 is 0 Å². The van der Waals surface area contributed by atoms with Gasteiger partial charge >= 0.3 is 5.97 Å². The normalized spacial score (nSPS) is 24.4. The summed E-state index contributed by atoms with van der Waals surface area (Å²) in [6, 6.07) is 8.28. The van der Waals surface area contributed by atoms with E-state index in [-0.39, 0.29) is 17.9 Å². The smallest absolute Gasteiger partial charge is 0.310 e. The lowest BCUT2D eigenvalue weighted by atomic mass is 9.91. The third kappa shape index (κ3) is 1.95. The zero-order chi connectivity index (χ0) is 11.5. The highest BCUT2D eigenvalue weighted by Crippen LogP contribution is 2.31. The van der Waals surface area contributed by atoms with Crippen LogP contribution in [-0.4, -0.2) is 19.6 Å². The maximum atomic E-state index is 11.6. The second-order valence-corrected chi connectivity index (χ2v) is 4.21. The van der Waals surface area contributed by atoms with Crippen molar-refractivity contribution in [2.75, 3.05) is 13.7 Å². The maximum Gasteiger partial charge on any atom is 0.310 e. The van der Waals surface area contributed by atoms with Crippen molar-refractivity contribution < 1.29 is 9.53 Å². The number of benzene rings is 1. The van der Waals surface area contributed by atoms with Crippen molar-refractivity contribution in [1.29, 1.82) is 0 Å². The third-order valence-corrected chi connectivity index (χ3v) is 3.25. The van der Waals surface area contributed by atoms with E-state index in [9.17, 15) is 4.79 Å². The summed E-state index contributed by atoms with van der Waals surface area (Å²) in [7, 11) is 1.45. The van der Waals surface area contributed by atoms with Crippen LogP contribution in [0.15, 0.2) is 24.3 Å². The summed E-state index contributed by atoms with van der Waals surface area (Å²) < 4.78 is 4.85. The zero-order valence-electron chi connectivity index (χ0n) is 9.69. The monoisotopic (exact) mass is 219 g/mol. The molecule has 1 saturated heterocycles. The summed E-state index contributed by atoms with van der Waals surface area (Å²) in [6.07, 6.45) is 0.853. The second kappa shape index (κ2) is 4.66. The van der Waals surface area contributed by atoms with E-state index in [0.29, 0.717) is 0 Å². The maximum absolute atomic E-state index is 11.6. The molecule has 1 fully saturated rings. The Morgan fingerprint density at radius 1 is 1.44 bits per heavy atom. The molecule has 1 N–H and O–H groups in total. The number of carbonyl (C=O) groups excluding carboxylic acids is 1. The van der Waals surface area contributed by atoms with Crippen LogP contribution in [0.4, 0.5) is 0 Å². The number of carbonyl (C=O) groups is 1. The van der Waals surface area contributed by atoms with Crippen LogP contribution in [0.3, 0.4) is 0 Å². The molecule has 1 aromatic rings. The first-order chi connectivity index (χ1) is 7.74. The average Bonchev–Trinajstić information content (AvgIpc) is 2.77. The molecule has 3 nitrogen and oxygen atoms in total. The van der Waals surface area contributed by atoms with Gasteiger partial charge in [-0.3, -0.25) is 4.79 Å². The summed E-state index contributed by atoms with van der Waals surface area (Å²) >= 11 is 0. The number of hydrogen-bond acceptors (Lipinski definition) is 3. The lowest BCUT2D eigenvalue weighted by molar-refractivity contribution is -0.145. The van der Waals surface area contributed by atoms with Gasteiger partial charge in [0.2, 0.25) is 0 Å². The first kappa shape index (κ1) is 11.1. The van der Waals surface area contributed by atoms with Gasteiger partial charge < -0.3 is 10.1 Å². The average molecular weight is 219 g/mol. The fourth-order valence-electron chi connectivity index (χ4n) is 2.37. The third-order valence-electron chi connectivity index (χ3n) is 3.25. The predicted molar refractivity (Wildman–Crippen MR) is 62.0 cm³/mol. The van der Waals surface area contributed by atoms with E-state index in [2.05, 4.69) is 24.4 Å². The minimum atomic E-state index is -0.113. The molecular weight excluding hydrogens is 202 g/mol. The topological polar surface area (TPSA) is 38.3 Å². The number of methoxy groups -OCH3 is 1. The number of esters is 1. The van der Waals surface area contributed by atoms with Gasteiger partial charge in [-0.2, -0.15) is 0 Å². The molecule has 3 heteroatoms. The molecule has 1 aromatic carbocycles. The molecule has 86 valence electrons. The Bertz CT molecular complexity index is 389. The molecular formula is C13H17NO2. The van der Waals surface area contributed by atoms with Gasteiger partial charge in [0.05, 0.1) is 13.0 Å². The van der Waals surface area contributed by atoms with Crippen LogP contribution in [0.5, 0.6) is 0 Å². The minimum Gasteiger partial charge on any atom is -0.469 e. The summed E-state index contributed by atoms with van der Waals surface area (Å²) in [6.45, 7) is 2.95. The Hall–Kier alpha value is -1.35.